The molecule has 6 aromatic carbocycles. The maximum Gasteiger partial charge on any atom is 0.294 e. The van der Waals surface area contributed by atoms with E-state index in [4.69, 9.17) is 49.0 Å². The molecule has 8 bridgehead atoms. The van der Waals surface area contributed by atoms with Crippen molar-refractivity contribution in [2.45, 2.75) is 9.79 Å². The topological polar surface area (TPSA) is 255 Å². The molecule has 19 heteroatoms. The Balaban J connectivity index is 0.000000193. The summed E-state index contributed by atoms with van der Waals surface area (Å²) >= 11 is 0. The minimum atomic E-state index is -4.63. The van der Waals surface area contributed by atoms with Gasteiger partial charge in [-0.25, -0.2) is 9.97 Å². The zero-order valence-electron chi connectivity index (χ0n) is 30.9. The second-order valence-electron chi connectivity index (χ2n) is 13.6. The summed E-state index contributed by atoms with van der Waals surface area (Å²) < 4.78 is 61.8. The number of rotatable bonds is 2. The van der Waals surface area contributed by atoms with Gasteiger partial charge < -0.3 is 40.1 Å². The Morgan fingerprint density at radius 1 is 0.410 bits per heavy atom. The summed E-state index contributed by atoms with van der Waals surface area (Å²) in [6.07, 6.45) is 0. The molecule has 16 nitrogen and oxygen atoms in total. The van der Waals surface area contributed by atoms with Crippen molar-refractivity contribution in [2.75, 3.05) is 0 Å². The number of nitrogens with zero attached hydrogens (tertiary/aromatic N) is 8. The second-order valence-corrected chi connectivity index (χ2v) is 16.4. The van der Waals surface area contributed by atoms with Gasteiger partial charge in [0.15, 0.2) is 0 Å². The van der Waals surface area contributed by atoms with Crippen molar-refractivity contribution in [1.82, 2.24) is 39.9 Å². The van der Waals surface area contributed by atoms with Crippen molar-refractivity contribution in [3.8, 4) is 57.1 Å². The Kier molecular flexibility index (Phi) is 9.59. The number of hydrogen-bond acceptors (Lipinski definition) is 12. The van der Waals surface area contributed by atoms with E-state index in [9.17, 15) is 27.0 Å². The summed E-state index contributed by atoms with van der Waals surface area (Å²) in [6, 6.07) is 34.9. The van der Waals surface area contributed by atoms with E-state index < -0.39 is 41.5 Å². The van der Waals surface area contributed by atoms with Gasteiger partial charge in [-0.15, -0.1) is 0 Å². The van der Waals surface area contributed by atoms with Gasteiger partial charge in [0, 0.05) is 82.8 Å². The minimum Gasteiger partial charge on any atom is -0.507 e. The molecule has 298 valence electrons. The van der Waals surface area contributed by atoms with Gasteiger partial charge in [-0.2, -0.15) is 16.8 Å². The molecule has 0 spiro atoms. The van der Waals surface area contributed by atoms with Gasteiger partial charge >= 0.3 is 0 Å². The van der Waals surface area contributed by atoms with Crippen LogP contribution in [0.5, 0.6) is 11.5 Å². The fourth-order valence-electron chi connectivity index (χ4n) is 7.17. The predicted molar refractivity (Wildman–Crippen MR) is 221 cm³/mol. The maximum absolute atomic E-state index is 11.0. The molecule has 2 aliphatic heterocycles. The number of fused-ring (bicyclic) bond motifs is 21. The molecule has 2 aliphatic rings. The molecule has 3 aromatic heterocycles. The standard InChI is InChI=1S/C32H16N8.C10H8O8S2.Hf/c1-2-10-18-17(9-1)25-33-26(18)38-28-21-13-5-6-14-22(21)30(35-28)40-32-24-16-8-7-15-23(24)31(36-32)39-29-20-12-4-3-11-19(20)27(34-29)37-25;11-8-3-6(19(13,14)15)1-5-2-7(20(16,17)18)4-9(12)10(5)8;/h1-16H;1-4,11-12H,(H,13,14,15)(H,16,17,18);/q-2;;. The van der Waals surface area contributed by atoms with Gasteiger partial charge in [0.2, 0.25) is 0 Å². The molecule has 9 aromatic rings. The van der Waals surface area contributed by atoms with Crippen molar-refractivity contribution in [3.05, 3.63) is 121 Å². The molecule has 0 aliphatic carbocycles. The maximum atomic E-state index is 11.0. The van der Waals surface area contributed by atoms with Crippen LogP contribution in [-0.4, -0.2) is 66.1 Å². The van der Waals surface area contributed by atoms with E-state index in [1.165, 1.54) is 0 Å². The van der Waals surface area contributed by atoms with Crippen molar-refractivity contribution < 1.29 is 62.0 Å². The van der Waals surface area contributed by atoms with Crippen LogP contribution in [0.25, 0.3) is 100 Å². The molecule has 0 fully saturated rings. The molecule has 4 N–H and O–H groups in total. The first kappa shape index (κ1) is 39.7. The molecule has 61 heavy (non-hydrogen) atoms. The van der Waals surface area contributed by atoms with E-state index in [0.29, 0.717) is 58.0 Å². The zero-order chi connectivity index (χ0) is 41.5. The Morgan fingerprint density at radius 2 is 0.689 bits per heavy atom. The first-order valence-electron chi connectivity index (χ1n) is 17.8. The third-order valence-corrected chi connectivity index (χ3v) is 11.5. The quantitative estimate of drug-likeness (QED) is 0.102. The van der Waals surface area contributed by atoms with Crippen LogP contribution in [0.1, 0.15) is 0 Å². The first-order chi connectivity index (χ1) is 28.8. The first-order valence-corrected chi connectivity index (χ1v) is 20.7. The van der Waals surface area contributed by atoms with Crippen molar-refractivity contribution in [3.63, 3.8) is 0 Å². The number of benzene rings is 6. The van der Waals surface area contributed by atoms with Crippen molar-refractivity contribution >= 4 is 75.1 Å². The monoisotopic (exact) mass is 1010 g/mol. The average Bonchev–Trinajstić information content (AvgIpc) is 3.96. The fourth-order valence-corrected chi connectivity index (χ4v) is 8.25. The molecule has 0 unspecified atom stereocenters. The van der Waals surface area contributed by atoms with Gasteiger partial charge in [0.1, 0.15) is 11.5 Å². The summed E-state index contributed by atoms with van der Waals surface area (Å²) in [5.74, 6) is 0.865. The Morgan fingerprint density at radius 3 is 0.967 bits per heavy atom. The minimum absolute atomic E-state index is 0. The van der Waals surface area contributed by atoms with E-state index in [1.54, 1.807) is 0 Å². The largest absolute Gasteiger partial charge is 0.507 e. The van der Waals surface area contributed by atoms with Gasteiger partial charge in [0.25, 0.3) is 20.2 Å². The Labute approximate surface area is 363 Å². The van der Waals surface area contributed by atoms with Crippen LogP contribution < -0.4 is 9.97 Å². The van der Waals surface area contributed by atoms with E-state index in [1.807, 2.05) is 97.1 Å². The van der Waals surface area contributed by atoms with E-state index in [2.05, 4.69) is 0 Å². The van der Waals surface area contributed by atoms with Crippen LogP contribution in [0, 0.1) is 0 Å². The molecule has 0 radical (unpaired) electrons. The molecule has 11 rings (SSSR count). The number of phenolic OH excluding ortho intramolecular Hbond substituents is 2. The van der Waals surface area contributed by atoms with E-state index in [0.717, 1.165) is 55.9 Å². The van der Waals surface area contributed by atoms with Crippen LogP contribution in [0.2, 0.25) is 0 Å². The zero-order valence-corrected chi connectivity index (χ0v) is 36.1. The molecule has 5 heterocycles. The molecular weight excluding hydrogens is 987 g/mol. The van der Waals surface area contributed by atoms with Crippen LogP contribution >= 0.6 is 0 Å². The molecule has 0 atom stereocenters. The van der Waals surface area contributed by atoms with Gasteiger partial charge in [-0.3, -0.25) is 9.11 Å². The van der Waals surface area contributed by atoms with Crippen LogP contribution in [0.3, 0.4) is 0 Å². The third-order valence-electron chi connectivity index (χ3n) is 9.88. The van der Waals surface area contributed by atoms with Crippen molar-refractivity contribution in [2.24, 2.45) is 0 Å². The van der Waals surface area contributed by atoms with Crippen LogP contribution in [0.15, 0.2) is 131 Å². The van der Waals surface area contributed by atoms with Crippen LogP contribution in [-0.2, 0) is 46.1 Å². The normalized spacial score (nSPS) is 12.0. The summed E-state index contributed by atoms with van der Waals surface area (Å²) in [7, 11) is -9.26. The fraction of sp³-hybridized carbons (Fsp3) is 0. The molecular formula is C42H24HfN8O8S2-2. The second kappa shape index (κ2) is 14.7. The number of aromatic hydroxyl groups is 2. The third kappa shape index (κ3) is 7.00. The smallest absolute Gasteiger partial charge is 0.294 e. The number of phenols is 2. The summed E-state index contributed by atoms with van der Waals surface area (Å²) in [4.78, 5) is 37.9. The summed E-state index contributed by atoms with van der Waals surface area (Å²) in [6.45, 7) is 0. The Bertz CT molecular complexity index is 3340. The van der Waals surface area contributed by atoms with Crippen molar-refractivity contribution in [1.29, 1.82) is 0 Å². The number of hydrogen-bond donors (Lipinski definition) is 4. The van der Waals surface area contributed by atoms with E-state index in [-0.39, 0.29) is 36.6 Å². The molecule has 0 amide bonds. The molecule has 0 saturated carbocycles. The van der Waals surface area contributed by atoms with Crippen LogP contribution in [0.4, 0.5) is 0 Å². The van der Waals surface area contributed by atoms with Gasteiger partial charge in [-0.05, 0) is 39.1 Å². The van der Waals surface area contributed by atoms with E-state index >= 15 is 0 Å². The summed E-state index contributed by atoms with van der Waals surface area (Å²) in [5, 5.41) is 22.5. The summed E-state index contributed by atoms with van der Waals surface area (Å²) in [5.41, 5.74) is 5.78. The predicted octanol–water partition coefficient (Wildman–Crippen LogP) is 6.87. The average molecular weight is 1010 g/mol. The number of aromatic nitrogens is 8. The SMILES string of the molecule is O=S(=O)(O)c1cc(O)c2c(O)cc(S(=O)(=O)O)cc2c1.[Hf].c1ccc2c(c1)-c1nc-2nc2[n-]c(nc3nc(nc4[n-]c(n1)c1ccccc41)-c1ccccc1-3)c1ccccc21. The molecule has 0 saturated heterocycles. The van der Waals surface area contributed by atoms with Gasteiger partial charge in [0.05, 0.1) is 38.5 Å². The Hall–Kier alpha value is -6.77. The van der Waals surface area contributed by atoms with Gasteiger partial charge in [-0.1, -0.05) is 97.1 Å².